The van der Waals surface area contributed by atoms with Crippen molar-refractivity contribution < 1.29 is 0 Å². The van der Waals surface area contributed by atoms with E-state index in [0.29, 0.717) is 0 Å². The lowest BCUT2D eigenvalue weighted by Crippen LogP contribution is -2.18. The molecule has 0 aromatic carbocycles. The molecule has 2 nitrogen and oxygen atoms in total. The molecular formula is C10H12N2. The molecule has 0 spiro atoms. The van der Waals surface area contributed by atoms with E-state index >= 15 is 0 Å². The maximum Gasteiger partial charge on any atom is 0.0577 e. The monoisotopic (exact) mass is 160 g/mol. The molecule has 2 heterocycles. The van der Waals surface area contributed by atoms with Crippen LogP contribution in [0.4, 0.5) is 0 Å². The normalized spacial score (nSPS) is 15.5. The second-order valence-corrected chi connectivity index (χ2v) is 2.89. The number of rotatable bonds is 2. The predicted octanol–water partition coefficient (Wildman–Crippen LogP) is 1.90. The summed E-state index contributed by atoms with van der Waals surface area (Å²) in [5, 5.41) is 0. The third-order valence-corrected chi connectivity index (χ3v) is 1.92. The lowest BCUT2D eigenvalue weighted by Gasteiger charge is -2.19. The van der Waals surface area contributed by atoms with Gasteiger partial charge in [-0.05, 0) is 24.4 Å². The molecule has 1 aliphatic rings. The quantitative estimate of drug-likeness (QED) is 0.700. The molecule has 0 saturated heterocycles. The topological polar surface area (TPSA) is 19.0 Å². The fourth-order valence-electron chi connectivity index (χ4n) is 1.31. The van der Waals surface area contributed by atoms with Gasteiger partial charge in [-0.2, -0.15) is 0 Å². The van der Waals surface area contributed by atoms with E-state index in [2.05, 4.69) is 40.4 Å². The summed E-state index contributed by atoms with van der Waals surface area (Å²) in [6, 6.07) is 4.13. The second kappa shape index (κ2) is 3.30. The van der Waals surface area contributed by atoms with Gasteiger partial charge >= 0.3 is 0 Å². The molecule has 0 fully saturated rings. The zero-order chi connectivity index (χ0) is 8.23. The van der Waals surface area contributed by atoms with Gasteiger partial charge < -0.3 is 9.88 Å². The Kier molecular flexibility index (Phi) is 1.99. The van der Waals surface area contributed by atoms with Crippen LogP contribution < -0.4 is 0 Å². The number of allylic oxidation sites excluding steroid dienone is 2. The maximum atomic E-state index is 3.18. The Morgan fingerprint density at radius 3 is 3.08 bits per heavy atom. The molecule has 2 rings (SSSR count). The van der Waals surface area contributed by atoms with Crippen molar-refractivity contribution >= 4 is 0 Å². The van der Waals surface area contributed by atoms with Gasteiger partial charge in [0, 0.05) is 18.4 Å². The Labute approximate surface area is 72.2 Å². The number of H-pyrrole nitrogens is 1. The van der Waals surface area contributed by atoms with E-state index in [9.17, 15) is 0 Å². The van der Waals surface area contributed by atoms with Crippen LogP contribution in [0, 0.1) is 0 Å². The average Bonchev–Trinajstić information content (AvgIpc) is 2.59. The first-order valence-corrected chi connectivity index (χ1v) is 4.15. The minimum atomic E-state index is 0.966. The molecule has 0 radical (unpaired) electrons. The predicted molar refractivity (Wildman–Crippen MR) is 49.5 cm³/mol. The van der Waals surface area contributed by atoms with Crippen molar-refractivity contribution in [2.24, 2.45) is 0 Å². The van der Waals surface area contributed by atoms with Crippen molar-refractivity contribution in [1.82, 2.24) is 9.88 Å². The van der Waals surface area contributed by atoms with Crippen molar-refractivity contribution in [3.63, 3.8) is 0 Å². The van der Waals surface area contributed by atoms with E-state index in [0.717, 1.165) is 13.1 Å². The number of nitrogens with zero attached hydrogens (tertiary/aromatic N) is 1. The third-order valence-electron chi connectivity index (χ3n) is 1.92. The number of hydrogen-bond donors (Lipinski definition) is 1. The van der Waals surface area contributed by atoms with Gasteiger partial charge in [-0.15, -0.1) is 0 Å². The van der Waals surface area contributed by atoms with Crippen LogP contribution in [0.15, 0.2) is 42.8 Å². The molecule has 1 N–H and O–H groups in total. The van der Waals surface area contributed by atoms with E-state index in [1.165, 1.54) is 5.69 Å². The molecule has 62 valence electrons. The van der Waals surface area contributed by atoms with Gasteiger partial charge in [-0.1, -0.05) is 12.2 Å². The highest BCUT2D eigenvalue weighted by molar-refractivity contribution is 5.11. The second-order valence-electron chi connectivity index (χ2n) is 2.89. The smallest absolute Gasteiger partial charge is 0.0577 e. The molecule has 0 amide bonds. The minimum Gasteiger partial charge on any atom is -0.368 e. The van der Waals surface area contributed by atoms with Crippen LogP contribution in [0.2, 0.25) is 0 Å². The fraction of sp³-hybridized carbons (Fsp3) is 0.200. The summed E-state index contributed by atoms with van der Waals surface area (Å²) in [5.74, 6) is 0. The zero-order valence-electron chi connectivity index (χ0n) is 6.90. The molecular weight excluding hydrogens is 148 g/mol. The average molecular weight is 160 g/mol. The Hall–Kier alpha value is -1.44. The van der Waals surface area contributed by atoms with Crippen molar-refractivity contribution in [1.29, 1.82) is 0 Å². The van der Waals surface area contributed by atoms with Crippen LogP contribution in [0.5, 0.6) is 0 Å². The first-order chi connectivity index (χ1) is 5.95. The lowest BCUT2D eigenvalue weighted by molar-refractivity contribution is 0.401. The van der Waals surface area contributed by atoms with E-state index in [1.807, 2.05) is 12.3 Å². The molecule has 12 heavy (non-hydrogen) atoms. The fourth-order valence-corrected chi connectivity index (χ4v) is 1.31. The number of aromatic nitrogens is 1. The van der Waals surface area contributed by atoms with E-state index in [-0.39, 0.29) is 0 Å². The van der Waals surface area contributed by atoms with E-state index < -0.39 is 0 Å². The van der Waals surface area contributed by atoms with Gasteiger partial charge in [0.25, 0.3) is 0 Å². The van der Waals surface area contributed by atoms with Crippen LogP contribution in [0.3, 0.4) is 0 Å². The van der Waals surface area contributed by atoms with Crippen molar-refractivity contribution in [3.8, 4) is 0 Å². The lowest BCUT2D eigenvalue weighted by atomic mass is 10.3. The number of aromatic amines is 1. The largest absolute Gasteiger partial charge is 0.368 e. The summed E-state index contributed by atoms with van der Waals surface area (Å²) >= 11 is 0. The van der Waals surface area contributed by atoms with E-state index in [1.54, 1.807) is 0 Å². The van der Waals surface area contributed by atoms with Crippen LogP contribution in [0.1, 0.15) is 5.69 Å². The van der Waals surface area contributed by atoms with Crippen LogP contribution in [-0.2, 0) is 6.54 Å². The Morgan fingerprint density at radius 1 is 1.42 bits per heavy atom. The summed E-state index contributed by atoms with van der Waals surface area (Å²) in [7, 11) is 0. The van der Waals surface area contributed by atoms with Gasteiger partial charge in [0.15, 0.2) is 0 Å². The molecule has 1 aromatic heterocycles. The summed E-state index contributed by atoms with van der Waals surface area (Å²) in [6.07, 6.45) is 10.4. The van der Waals surface area contributed by atoms with Crippen LogP contribution in [0.25, 0.3) is 0 Å². The van der Waals surface area contributed by atoms with Crippen molar-refractivity contribution in [2.75, 3.05) is 6.54 Å². The van der Waals surface area contributed by atoms with Gasteiger partial charge in [0.1, 0.15) is 0 Å². The molecule has 0 atom stereocenters. The van der Waals surface area contributed by atoms with Crippen LogP contribution in [-0.4, -0.2) is 16.4 Å². The molecule has 0 unspecified atom stereocenters. The molecule has 0 aliphatic carbocycles. The highest BCUT2D eigenvalue weighted by Crippen LogP contribution is 2.04. The summed E-state index contributed by atoms with van der Waals surface area (Å²) in [6.45, 7) is 1.98. The summed E-state index contributed by atoms with van der Waals surface area (Å²) < 4.78 is 0. The number of hydrogen-bond acceptors (Lipinski definition) is 1. The van der Waals surface area contributed by atoms with E-state index in [4.69, 9.17) is 0 Å². The summed E-state index contributed by atoms with van der Waals surface area (Å²) in [4.78, 5) is 5.44. The molecule has 1 aliphatic heterocycles. The highest BCUT2D eigenvalue weighted by atomic mass is 15.1. The first kappa shape index (κ1) is 7.22. The Bertz CT molecular complexity index is 283. The standard InChI is InChI=1S/C10H12N2/c1-2-7-12(8-3-1)9-10-5-4-6-11-10/h1-7,11H,8-9H2. The van der Waals surface area contributed by atoms with Crippen molar-refractivity contribution in [2.45, 2.75) is 6.54 Å². The first-order valence-electron chi connectivity index (χ1n) is 4.15. The zero-order valence-corrected chi connectivity index (χ0v) is 6.90. The van der Waals surface area contributed by atoms with Gasteiger partial charge in [-0.3, -0.25) is 0 Å². The van der Waals surface area contributed by atoms with Gasteiger partial charge in [0.05, 0.1) is 6.54 Å². The maximum absolute atomic E-state index is 3.18. The Morgan fingerprint density at radius 2 is 2.42 bits per heavy atom. The highest BCUT2D eigenvalue weighted by Gasteiger charge is 2.00. The number of nitrogens with one attached hydrogen (secondary N) is 1. The summed E-state index contributed by atoms with van der Waals surface area (Å²) in [5.41, 5.74) is 1.26. The minimum absolute atomic E-state index is 0.966. The SMILES string of the molecule is C1=CCN(Cc2ccc[nH]2)C=C1. The van der Waals surface area contributed by atoms with Gasteiger partial charge in [-0.25, -0.2) is 0 Å². The van der Waals surface area contributed by atoms with Crippen LogP contribution >= 0.6 is 0 Å². The van der Waals surface area contributed by atoms with Crippen molar-refractivity contribution in [3.05, 3.63) is 48.5 Å². The third kappa shape index (κ3) is 1.59. The molecule has 0 saturated carbocycles. The molecule has 2 heteroatoms. The molecule has 0 bridgehead atoms. The Balaban J connectivity index is 1.96. The van der Waals surface area contributed by atoms with Gasteiger partial charge in [0.2, 0.25) is 0 Å². The molecule has 1 aromatic rings.